The summed E-state index contributed by atoms with van der Waals surface area (Å²) in [4.78, 5) is 25.5. The van der Waals surface area contributed by atoms with Crippen molar-refractivity contribution in [3.05, 3.63) is 35.4 Å². The molecule has 0 spiro atoms. The van der Waals surface area contributed by atoms with Gasteiger partial charge in [-0.05, 0) is 36.8 Å². The number of carbonyl (C=O) groups excluding carboxylic acids is 1. The minimum absolute atomic E-state index is 0.0169. The van der Waals surface area contributed by atoms with Gasteiger partial charge in [-0.3, -0.25) is 4.79 Å². The first kappa shape index (κ1) is 17.8. The predicted molar refractivity (Wildman–Crippen MR) is 89.5 cm³/mol. The number of amides is 2. The lowest BCUT2D eigenvalue weighted by atomic mass is 9.89. The van der Waals surface area contributed by atoms with Gasteiger partial charge in [0.25, 0.3) is 0 Å². The fraction of sp³-hybridized carbons (Fsp3) is 0.500. The number of nitrogens with zero attached hydrogens (tertiary/aromatic N) is 2. The highest BCUT2D eigenvalue weighted by Crippen LogP contribution is 2.27. The van der Waals surface area contributed by atoms with Crippen molar-refractivity contribution in [1.82, 2.24) is 10.2 Å². The summed E-state index contributed by atoms with van der Waals surface area (Å²) in [6.45, 7) is 3.80. The quantitative estimate of drug-likeness (QED) is 0.868. The number of benzene rings is 1. The molecule has 0 aromatic heterocycles. The van der Waals surface area contributed by atoms with Crippen molar-refractivity contribution in [2.75, 3.05) is 19.6 Å². The van der Waals surface area contributed by atoms with Gasteiger partial charge in [0.05, 0.1) is 17.6 Å². The second kappa shape index (κ2) is 8.34. The number of hydrogen-bond donors (Lipinski definition) is 2. The minimum Gasteiger partial charge on any atom is -0.465 e. The van der Waals surface area contributed by atoms with Crippen LogP contribution >= 0.6 is 0 Å². The van der Waals surface area contributed by atoms with E-state index in [1.165, 1.54) is 0 Å². The summed E-state index contributed by atoms with van der Waals surface area (Å²) in [5.41, 5.74) is 1.15. The zero-order chi connectivity index (χ0) is 17.5. The predicted octanol–water partition coefficient (Wildman–Crippen LogP) is 2.56. The van der Waals surface area contributed by atoms with E-state index in [4.69, 9.17) is 5.11 Å². The van der Waals surface area contributed by atoms with Crippen LogP contribution in [0.5, 0.6) is 0 Å². The third kappa shape index (κ3) is 4.48. The number of carboxylic acid groups (broad SMARTS) is 1. The van der Waals surface area contributed by atoms with Crippen LogP contribution in [-0.2, 0) is 4.79 Å². The van der Waals surface area contributed by atoms with Gasteiger partial charge in [0.1, 0.15) is 0 Å². The van der Waals surface area contributed by atoms with Crippen molar-refractivity contribution < 1.29 is 14.7 Å². The number of piperidine rings is 1. The average molecular weight is 329 g/mol. The maximum absolute atomic E-state index is 13.0. The van der Waals surface area contributed by atoms with E-state index in [0.717, 1.165) is 25.9 Å². The summed E-state index contributed by atoms with van der Waals surface area (Å²) in [5.74, 6) is 0.102. The van der Waals surface area contributed by atoms with Gasteiger partial charge < -0.3 is 15.3 Å². The molecule has 0 radical (unpaired) electrons. The van der Waals surface area contributed by atoms with E-state index in [9.17, 15) is 14.9 Å². The van der Waals surface area contributed by atoms with E-state index in [1.807, 2.05) is 4.90 Å². The van der Waals surface area contributed by atoms with Crippen molar-refractivity contribution in [2.45, 2.75) is 32.1 Å². The molecule has 24 heavy (non-hydrogen) atoms. The molecule has 1 atom stereocenters. The number of hydrogen-bond acceptors (Lipinski definition) is 3. The summed E-state index contributed by atoms with van der Waals surface area (Å²) in [7, 11) is 0. The van der Waals surface area contributed by atoms with Crippen LogP contribution in [0.15, 0.2) is 24.3 Å². The molecular formula is C18H23N3O3. The van der Waals surface area contributed by atoms with Gasteiger partial charge in [-0.2, -0.15) is 5.26 Å². The van der Waals surface area contributed by atoms with Gasteiger partial charge in [0.2, 0.25) is 5.91 Å². The monoisotopic (exact) mass is 329 g/mol. The van der Waals surface area contributed by atoms with Crippen molar-refractivity contribution in [3.8, 4) is 6.07 Å². The molecule has 6 heteroatoms. The van der Waals surface area contributed by atoms with Crippen molar-refractivity contribution >= 4 is 12.0 Å². The molecule has 1 fully saturated rings. The Kier molecular flexibility index (Phi) is 6.19. The van der Waals surface area contributed by atoms with E-state index in [-0.39, 0.29) is 12.5 Å². The molecule has 1 aliphatic rings. The first-order valence-electron chi connectivity index (χ1n) is 8.27. The Balaban J connectivity index is 2.20. The van der Waals surface area contributed by atoms with Gasteiger partial charge in [0, 0.05) is 19.6 Å². The highest BCUT2D eigenvalue weighted by Gasteiger charge is 2.29. The van der Waals surface area contributed by atoms with Crippen LogP contribution in [-0.4, -0.2) is 41.6 Å². The van der Waals surface area contributed by atoms with Crippen LogP contribution < -0.4 is 5.32 Å². The number of nitrogens with one attached hydrogen (secondary N) is 1. The zero-order valence-electron chi connectivity index (χ0n) is 13.9. The van der Waals surface area contributed by atoms with E-state index >= 15 is 0 Å². The van der Waals surface area contributed by atoms with Crippen molar-refractivity contribution in [1.29, 1.82) is 5.26 Å². The Hall–Kier alpha value is -2.55. The summed E-state index contributed by atoms with van der Waals surface area (Å²) in [5, 5.41) is 20.4. The van der Waals surface area contributed by atoms with Gasteiger partial charge in [-0.1, -0.05) is 25.1 Å². The topological polar surface area (TPSA) is 93.4 Å². The lowest BCUT2D eigenvalue weighted by Crippen LogP contribution is -2.41. The fourth-order valence-electron chi connectivity index (χ4n) is 3.09. The normalized spacial score (nSPS) is 16.2. The molecule has 1 heterocycles. The Bertz CT molecular complexity index is 631. The summed E-state index contributed by atoms with van der Waals surface area (Å²) >= 11 is 0. The van der Waals surface area contributed by atoms with Crippen molar-refractivity contribution in [2.24, 2.45) is 5.92 Å². The van der Waals surface area contributed by atoms with Crippen molar-refractivity contribution in [3.63, 3.8) is 0 Å². The molecule has 2 rings (SSSR count). The standard InChI is InChI=1S/C18H23N3O3/c1-13-7-10-21(11-8-13)17(22)16(6-9-20-18(23)24)15-5-3-2-4-14(15)12-19/h2-5,13,16,20H,6-11H2,1H3,(H,23,24). The Morgan fingerprint density at radius 2 is 2.04 bits per heavy atom. The number of nitriles is 1. The Morgan fingerprint density at radius 1 is 1.38 bits per heavy atom. The number of rotatable bonds is 5. The largest absolute Gasteiger partial charge is 0.465 e. The Labute approximate surface area is 142 Å². The third-order valence-corrected chi connectivity index (χ3v) is 4.56. The molecule has 2 N–H and O–H groups in total. The molecule has 2 amide bonds. The van der Waals surface area contributed by atoms with Gasteiger partial charge in [0.15, 0.2) is 0 Å². The van der Waals surface area contributed by atoms with Crippen LogP contribution in [0.1, 0.15) is 43.2 Å². The lowest BCUT2D eigenvalue weighted by molar-refractivity contribution is -0.134. The van der Waals surface area contributed by atoms with E-state index in [0.29, 0.717) is 23.5 Å². The molecule has 1 saturated heterocycles. The fourth-order valence-corrected chi connectivity index (χ4v) is 3.09. The molecule has 0 bridgehead atoms. The van der Waals surface area contributed by atoms with E-state index in [2.05, 4.69) is 18.3 Å². The summed E-state index contributed by atoms with van der Waals surface area (Å²) in [6, 6.07) is 9.18. The number of likely N-dealkylation sites (tertiary alicyclic amines) is 1. The second-order valence-corrected chi connectivity index (χ2v) is 6.28. The first-order chi connectivity index (χ1) is 11.5. The SMILES string of the molecule is CC1CCN(C(=O)C(CCNC(=O)O)c2ccccc2C#N)CC1. The molecule has 0 saturated carbocycles. The molecule has 1 aliphatic heterocycles. The zero-order valence-corrected chi connectivity index (χ0v) is 13.9. The Morgan fingerprint density at radius 3 is 2.67 bits per heavy atom. The smallest absolute Gasteiger partial charge is 0.404 e. The molecule has 0 aliphatic carbocycles. The highest BCUT2D eigenvalue weighted by molar-refractivity contribution is 5.84. The highest BCUT2D eigenvalue weighted by atomic mass is 16.4. The third-order valence-electron chi connectivity index (χ3n) is 4.56. The van der Waals surface area contributed by atoms with E-state index in [1.54, 1.807) is 24.3 Å². The average Bonchev–Trinajstić information content (AvgIpc) is 2.58. The number of carbonyl (C=O) groups is 2. The molecule has 1 aromatic carbocycles. The van der Waals surface area contributed by atoms with E-state index < -0.39 is 12.0 Å². The molecule has 128 valence electrons. The maximum Gasteiger partial charge on any atom is 0.404 e. The summed E-state index contributed by atoms with van der Waals surface area (Å²) < 4.78 is 0. The van der Waals surface area contributed by atoms with Gasteiger partial charge >= 0.3 is 6.09 Å². The van der Waals surface area contributed by atoms with Crippen LogP contribution in [0.3, 0.4) is 0 Å². The first-order valence-corrected chi connectivity index (χ1v) is 8.27. The van der Waals surface area contributed by atoms with Crippen LogP contribution in [0, 0.1) is 17.2 Å². The second-order valence-electron chi connectivity index (χ2n) is 6.28. The molecule has 1 aromatic rings. The van der Waals surface area contributed by atoms with Gasteiger partial charge in [-0.25, -0.2) is 4.79 Å². The van der Waals surface area contributed by atoms with Crippen LogP contribution in [0.2, 0.25) is 0 Å². The summed E-state index contributed by atoms with van der Waals surface area (Å²) in [6.07, 6.45) is 1.19. The van der Waals surface area contributed by atoms with Crippen LogP contribution in [0.4, 0.5) is 4.79 Å². The van der Waals surface area contributed by atoms with Gasteiger partial charge in [-0.15, -0.1) is 0 Å². The molecule has 6 nitrogen and oxygen atoms in total. The minimum atomic E-state index is -1.11. The lowest BCUT2D eigenvalue weighted by Gasteiger charge is -2.33. The molecular weight excluding hydrogens is 306 g/mol. The maximum atomic E-state index is 13.0. The van der Waals surface area contributed by atoms with Crippen LogP contribution in [0.25, 0.3) is 0 Å². The molecule has 1 unspecified atom stereocenters.